The molecule has 1 aromatic heterocycles. The molecule has 2 nitrogen and oxygen atoms in total. The molecule has 0 aliphatic heterocycles. The lowest BCUT2D eigenvalue weighted by Gasteiger charge is -2.09. The van der Waals surface area contributed by atoms with Gasteiger partial charge in [-0.15, -0.1) is 11.3 Å². The molecule has 3 heteroatoms. The summed E-state index contributed by atoms with van der Waals surface area (Å²) in [6.07, 6.45) is 0. The van der Waals surface area contributed by atoms with Crippen LogP contribution in [0.3, 0.4) is 0 Å². The van der Waals surface area contributed by atoms with Crippen molar-refractivity contribution < 1.29 is 9.47 Å². The van der Waals surface area contributed by atoms with E-state index in [1.165, 1.54) is 9.75 Å². The average Bonchev–Trinajstić information content (AvgIpc) is 2.87. The summed E-state index contributed by atoms with van der Waals surface area (Å²) < 4.78 is 10.7. The first-order valence-electron chi connectivity index (χ1n) is 5.98. The fraction of sp³-hybridized carbons (Fsp3) is 0.333. The molecule has 18 heavy (non-hydrogen) atoms. The number of ether oxygens (including phenoxy) is 2. The molecule has 0 bridgehead atoms. The summed E-state index contributed by atoms with van der Waals surface area (Å²) in [6, 6.07) is 10.3. The van der Waals surface area contributed by atoms with E-state index >= 15 is 0 Å². The van der Waals surface area contributed by atoms with Gasteiger partial charge < -0.3 is 9.47 Å². The fourth-order valence-corrected chi connectivity index (χ4v) is 2.85. The maximum absolute atomic E-state index is 5.44. The van der Waals surface area contributed by atoms with Gasteiger partial charge >= 0.3 is 0 Å². The van der Waals surface area contributed by atoms with Crippen LogP contribution in [-0.4, -0.2) is 14.2 Å². The molecule has 96 valence electrons. The van der Waals surface area contributed by atoms with E-state index in [-0.39, 0.29) is 0 Å². The highest BCUT2D eigenvalue weighted by Gasteiger charge is 2.11. The molecule has 0 aliphatic rings. The van der Waals surface area contributed by atoms with Gasteiger partial charge in [0.25, 0.3) is 0 Å². The van der Waals surface area contributed by atoms with Gasteiger partial charge in [-0.1, -0.05) is 13.8 Å². The molecule has 2 aromatic rings. The number of rotatable bonds is 4. The Morgan fingerprint density at radius 1 is 1.00 bits per heavy atom. The second-order valence-corrected chi connectivity index (χ2v) is 5.54. The lowest BCUT2D eigenvalue weighted by atomic mass is 10.1. The molecule has 0 N–H and O–H groups in total. The normalized spacial score (nSPS) is 10.7. The molecule has 1 aromatic carbocycles. The van der Waals surface area contributed by atoms with Crippen molar-refractivity contribution in [1.82, 2.24) is 0 Å². The van der Waals surface area contributed by atoms with Crippen molar-refractivity contribution in [2.45, 2.75) is 19.8 Å². The van der Waals surface area contributed by atoms with E-state index in [9.17, 15) is 0 Å². The summed E-state index contributed by atoms with van der Waals surface area (Å²) in [7, 11) is 3.35. The SMILES string of the molecule is COc1ccc(-c2ccc(C(C)C)s2)c(OC)c1. The zero-order valence-corrected chi connectivity index (χ0v) is 12.0. The third-order valence-electron chi connectivity index (χ3n) is 2.87. The Kier molecular flexibility index (Phi) is 3.92. The summed E-state index contributed by atoms with van der Waals surface area (Å²) in [6.45, 7) is 4.42. The summed E-state index contributed by atoms with van der Waals surface area (Å²) in [5.41, 5.74) is 1.12. The third kappa shape index (κ3) is 2.51. The Bertz CT molecular complexity index is 529. The van der Waals surface area contributed by atoms with Crippen LogP contribution in [0, 0.1) is 0 Å². The molecule has 1 heterocycles. The summed E-state index contributed by atoms with van der Waals surface area (Å²) in [4.78, 5) is 2.63. The summed E-state index contributed by atoms with van der Waals surface area (Å²) in [5.74, 6) is 2.23. The van der Waals surface area contributed by atoms with Crippen molar-refractivity contribution in [3.05, 3.63) is 35.2 Å². The molecular weight excluding hydrogens is 244 g/mol. The van der Waals surface area contributed by atoms with Gasteiger partial charge in [-0.2, -0.15) is 0 Å². The van der Waals surface area contributed by atoms with Crippen molar-refractivity contribution >= 4 is 11.3 Å². The molecule has 0 atom stereocenters. The van der Waals surface area contributed by atoms with Crippen LogP contribution in [-0.2, 0) is 0 Å². The molecule has 0 aliphatic carbocycles. The monoisotopic (exact) mass is 262 g/mol. The Morgan fingerprint density at radius 3 is 2.33 bits per heavy atom. The zero-order valence-electron chi connectivity index (χ0n) is 11.2. The molecule has 0 radical (unpaired) electrons. The van der Waals surface area contributed by atoms with Crippen molar-refractivity contribution in [2.75, 3.05) is 14.2 Å². The molecular formula is C15H18O2S. The van der Waals surface area contributed by atoms with Crippen LogP contribution in [0.5, 0.6) is 11.5 Å². The summed E-state index contributed by atoms with van der Waals surface area (Å²) in [5, 5.41) is 0. The number of thiophene rings is 1. The highest BCUT2D eigenvalue weighted by atomic mass is 32.1. The van der Waals surface area contributed by atoms with Gasteiger partial charge in [0, 0.05) is 21.4 Å². The van der Waals surface area contributed by atoms with Crippen LogP contribution >= 0.6 is 11.3 Å². The van der Waals surface area contributed by atoms with E-state index in [0.717, 1.165) is 17.1 Å². The first kappa shape index (κ1) is 13.0. The Labute approximate surface area is 112 Å². The van der Waals surface area contributed by atoms with E-state index in [4.69, 9.17) is 9.47 Å². The predicted molar refractivity (Wildman–Crippen MR) is 76.9 cm³/mol. The standard InChI is InChI=1S/C15H18O2S/c1-10(2)14-7-8-15(18-14)12-6-5-11(16-3)9-13(12)17-4/h5-10H,1-4H3. The fourth-order valence-electron chi connectivity index (χ4n) is 1.81. The number of methoxy groups -OCH3 is 2. The van der Waals surface area contributed by atoms with E-state index < -0.39 is 0 Å². The first-order chi connectivity index (χ1) is 8.65. The average molecular weight is 262 g/mol. The van der Waals surface area contributed by atoms with Crippen molar-refractivity contribution in [1.29, 1.82) is 0 Å². The largest absolute Gasteiger partial charge is 0.497 e. The van der Waals surface area contributed by atoms with Crippen LogP contribution in [0.25, 0.3) is 10.4 Å². The number of hydrogen-bond acceptors (Lipinski definition) is 3. The van der Waals surface area contributed by atoms with E-state index in [2.05, 4.69) is 26.0 Å². The molecule has 0 saturated heterocycles. The Balaban J connectivity index is 2.42. The molecule has 0 saturated carbocycles. The molecule has 0 spiro atoms. The van der Waals surface area contributed by atoms with E-state index in [1.807, 2.05) is 29.5 Å². The van der Waals surface area contributed by atoms with Gasteiger partial charge in [0.2, 0.25) is 0 Å². The van der Waals surface area contributed by atoms with Gasteiger partial charge in [0.1, 0.15) is 11.5 Å². The maximum Gasteiger partial charge on any atom is 0.131 e. The van der Waals surface area contributed by atoms with Crippen molar-refractivity contribution in [2.24, 2.45) is 0 Å². The van der Waals surface area contributed by atoms with Crippen LogP contribution < -0.4 is 9.47 Å². The minimum absolute atomic E-state index is 0.563. The smallest absolute Gasteiger partial charge is 0.131 e. The van der Waals surface area contributed by atoms with Crippen molar-refractivity contribution in [3.63, 3.8) is 0 Å². The molecule has 0 unspecified atom stereocenters. The third-order valence-corrected chi connectivity index (χ3v) is 4.29. The molecule has 0 fully saturated rings. The van der Waals surface area contributed by atoms with Crippen LogP contribution in [0.15, 0.2) is 30.3 Å². The Morgan fingerprint density at radius 2 is 1.78 bits per heavy atom. The van der Waals surface area contributed by atoms with Gasteiger partial charge in [0.05, 0.1) is 14.2 Å². The topological polar surface area (TPSA) is 18.5 Å². The summed E-state index contributed by atoms with van der Waals surface area (Å²) >= 11 is 1.82. The highest BCUT2D eigenvalue weighted by Crippen LogP contribution is 2.38. The second-order valence-electron chi connectivity index (χ2n) is 4.42. The first-order valence-corrected chi connectivity index (χ1v) is 6.79. The zero-order chi connectivity index (χ0) is 13.1. The van der Waals surface area contributed by atoms with Crippen molar-refractivity contribution in [3.8, 4) is 21.9 Å². The maximum atomic E-state index is 5.44. The molecule has 0 amide bonds. The van der Waals surface area contributed by atoms with E-state index in [1.54, 1.807) is 14.2 Å². The highest BCUT2D eigenvalue weighted by molar-refractivity contribution is 7.15. The number of benzene rings is 1. The number of hydrogen-bond donors (Lipinski definition) is 0. The van der Waals surface area contributed by atoms with E-state index in [0.29, 0.717) is 5.92 Å². The molecule has 2 rings (SSSR count). The predicted octanol–water partition coefficient (Wildman–Crippen LogP) is 4.56. The lowest BCUT2D eigenvalue weighted by Crippen LogP contribution is -1.89. The second kappa shape index (κ2) is 5.44. The van der Waals surface area contributed by atoms with Gasteiger partial charge in [-0.25, -0.2) is 0 Å². The van der Waals surface area contributed by atoms with Crippen LogP contribution in [0.4, 0.5) is 0 Å². The minimum Gasteiger partial charge on any atom is -0.497 e. The van der Waals surface area contributed by atoms with Gasteiger partial charge in [-0.05, 0) is 30.2 Å². The van der Waals surface area contributed by atoms with Gasteiger partial charge in [0.15, 0.2) is 0 Å². The minimum atomic E-state index is 0.563. The Hall–Kier alpha value is -1.48. The van der Waals surface area contributed by atoms with Crippen LogP contribution in [0.2, 0.25) is 0 Å². The quantitative estimate of drug-likeness (QED) is 0.804. The van der Waals surface area contributed by atoms with Gasteiger partial charge in [-0.3, -0.25) is 0 Å². The lowest BCUT2D eigenvalue weighted by molar-refractivity contribution is 0.395. The van der Waals surface area contributed by atoms with Crippen LogP contribution in [0.1, 0.15) is 24.6 Å².